The van der Waals surface area contributed by atoms with Crippen LogP contribution >= 0.6 is 0 Å². The third kappa shape index (κ3) is 5.05. The average molecular weight is 446 g/mol. The molecule has 0 amide bonds. The number of nitrogens with zero attached hydrogens (tertiary/aromatic N) is 3. The van der Waals surface area contributed by atoms with Gasteiger partial charge in [-0.1, -0.05) is 25.1 Å². The van der Waals surface area contributed by atoms with Crippen molar-refractivity contribution in [1.82, 2.24) is 10.1 Å². The number of halogens is 1. The van der Waals surface area contributed by atoms with Gasteiger partial charge in [-0.2, -0.15) is 4.98 Å². The van der Waals surface area contributed by atoms with Crippen LogP contribution in [0.25, 0.3) is 0 Å². The van der Waals surface area contributed by atoms with E-state index in [-0.39, 0.29) is 12.3 Å². The van der Waals surface area contributed by atoms with Crippen molar-refractivity contribution in [3.8, 4) is 5.75 Å². The van der Waals surface area contributed by atoms with Crippen molar-refractivity contribution in [1.29, 1.82) is 0 Å². The molecule has 2 heterocycles. The summed E-state index contributed by atoms with van der Waals surface area (Å²) in [7, 11) is 1.29. The van der Waals surface area contributed by atoms with E-state index in [2.05, 4.69) is 33.6 Å². The molecule has 1 aromatic carbocycles. The highest BCUT2D eigenvalue weighted by atomic mass is 19.1. The summed E-state index contributed by atoms with van der Waals surface area (Å²) in [5, 5.41) is 4.08. The number of methoxy groups -OCH3 is 1. The van der Waals surface area contributed by atoms with Gasteiger partial charge in [-0.25, -0.2) is 4.39 Å². The molecule has 0 radical (unpaired) electrons. The molecule has 1 saturated carbocycles. The largest absolute Gasteiger partial charge is 0.493 e. The van der Waals surface area contributed by atoms with Gasteiger partial charge in [0.1, 0.15) is 11.6 Å². The summed E-state index contributed by atoms with van der Waals surface area (Å²) < 4.78 is 30.1. The van der Waals surface area contributed by atoms with E-state index < -0.39 is 11.8 Å². The second-order valence-corrected chi connectivity index (χ2v) is 9.32. The zero-order valence-corrected chi connectivity index (χ0v) is 19.1. The molecule has 8 heteroatoms. The van der Waals surface area contributed by atoms with Gasteiger partial charge in [0.25, 0.3) is 0 Å². The Morgan fingerprint density at radius 2 is 2.06 bits per heavy atom. The highest BCUT2D eigenvalue weighted by Crippen LogP contribution is 2.57. The first kappa shape index (κ1) is 22.6. The first-order chi connectivity index (χ1) is 15.4. The van der Waals surface area contributed by atoms with Gasteiger partial charge in [0.2, 0.25) is 0 Å². The second kappa shape index (κ2) is 9.46. The van der Waals surface area contributed by atoms with Crippen molar-refractivity contribution in [2.45, 2.75) is 58.3 Å². The van der Waals surface area contributed by atoms with Crippen molar-refractivity contribution in [3.05, 3.63) is 35.4 Å². The molecule has 0 unspecified atom stereocenters. The number of hydrogen-bond donors (Lipinski definition) is 0. The molecular formula is C24H32FN3O4. The molecule has 0 spiro atoms. The SMILES string of the molecule is COC(=O)Cc1ccc(OCCC2(C3CCN(c4nc(C(C)C)no4)CC3)CC2)cc1F. The molecule has 4 rings (SSSR count). The molecule has 1 aliphatic heterocycles. The summed E-state index contributed by atoms with van der Waals surface area (Å²) >= 11 is 0. The van der Waals surface area contributed by atoms with Crippen LogP contribution in [-0.2, 0) is 16.0 Å². The molecule has 7 nitrogen and oxygen atoms in total. The number of rotatable bonds is 9. The minimum absolute atomic E-state index is 0.0766. The number of carbonyl (C=O) groups is 1. The number of benzene rings is 1. The van der Waals surface area contributed by atoms with Crippen LogP contribution in [-0.4, -0.2) is 42.9 Å². The van der Waals surface area contributed by atoms with Crippen LogP contribution < -0.4 is 9.64 Å². The average Bonchev–Trinajstić information content (AvgIpc) is 3.40. The molecular weight excluding hydrogens is 413 g/mol. The number of piperidine rings is 1. The molecule has 1 saturated heterocycles. The molecule has 0 bridgehead atoms. The van der Waals surface area contributed by atoms with Gasteiger partial charge in [-0.15, -0.1) is 0 Å². The van der Waals surface area contributed by atoms with E-state index in [4.69, 9.17) is 9.26 Å². The molecule has 0 atom stereocenters. The Kier molecular flexibility index (Phi) is 6.67. The lowest BCUT2D eigenvalue weighted by Gasteiger charge is -2.35. The molecule has 1 aliphatic carbocycles. The highest BCUT2D eigenvalue weighted by molar-refractivity contribution is 5.72. The maximum absolute atomic E-state index is 14.2. The van der Waals surface area contributed by atoms with Crippen LogP contribution in [0.2, 0.25) is 0 Å². The Morgan fingerprint density at radius 3 is 2.66 bits per heavy atom. The number of ether oxygens (including phenoxy) is 2. The zero-order chi connectivity index (χ0) is 22.7. The fourth-order valence-electron chi connectivity index (χ4n) is 4.66. The number of esters is 1. The van der Waals surface area contributed by atoms with Crippen LogP contribution in [0.3, 0.4) is 0 Å². The molecule has 2 fully saturated rings. The van der Waals surface area contributed by atoms with Crippen LogP contribution in [0.15, 0.2) is 22.7 Å². The summed E-state index contributed by atoms with van der Waals surface area (Å²) in [5.74, 6) is 1.28. The quantitative estimate of drug-likeness (QED) is 0.526. The third-order valence-electron chi connectivity index (χ3n) is 6.93. The van der Waals surface area contributed by atoms with Crippen LogP contribution in [0.4, 0.5) is 10.4 Å². The molecule has 2 aliphatic rings. The lowest BCUT2D eigenvalue weighted by molar-refractivity contribution is -0.139. The van der Waals surface area contributed by atoms with E-state index in [0.717, 1.165) is 38.2 Å². The fourth-order valence-corrected chi connectivity index (χ4v) is 4.66. The van der Waals surface area contributed by atoms with E-state index in [1.54, 1.807) is 12.1 Å². The van der Waals surface area contributed by atoms with Crippen molar-refractivity contribution >= 4 is 12.0 Å². The minimum atomic E-state index is -0.459. The number of aromatic nitrogens is 2. The first-order valence-electron chi connectivity index (χ1n) is 11.5. The van der Waals surface area contributed by atoms with Crippen LogP contribution in [0.1, 0.15) is 63.3 Å². The number of hydrogen-bond acceptors (Lipinski definition) is 7. The smallest absolute Gasteiger partial charge is 0.324 e. The van der Waals surface area contributed by atoms with Gasteiger partial charge >= 0.3 is 12.0 Å². The molecule has 1 aromatic heterocycles. The van der Waals surface area contributed by atoms with E-state index in [9.17, 15) is 9.18 Å². The molecule has 32 heavy (non-hydrogen) atoms. The van der Waals surface area contributed by atoms with Gasteiger partial charge in [0.15, 0.2) is 5.82 Å². The fraction of sp³-hybridized carbons (Fsp3) is 0.625. The van der Waals surface area contributed by atoms with Gasteiger partial charge in [-0.05, 0) is 55.1 Å². The predicted octanol–water partition coefficient (Wildman–Crippen LogP) is 4.51. The zero-order valence-electron chi connectivity index (χ0n) is 19.1. The van der Waals surface area contributed by atoms with Crippen LogP contribution in [0.5, 0.6) is 5.75 Å². The van der Waals surface area contributed by atoms with Crippen LogP contribution in [0, 0.1) is 17.2 Å². The van der Waals surface area contributed by atoms with E-state index in [0.29, 0.717) is 35.3 Å². The van der Waals surface area contributed by atoms with Crippen molar-refractivity contribution in [2.75, 3.05) is 31.7 Å². The molecule has 2 aromatic rings. The highest BCUT2D eigenvalue weighted by Gasteiger charge is 2.49. The van der Waals surface area contributed by atoms with Gasteiger partial charge in [0.05, 0.1) is 20.1 Å². The summed E-state index contributed by atoms with van der Waals surface area (Å²) in [4.78, 5) is 18.1. The predicted molar refractivity (Wildman–Crippen MR) is 117 cm³/mol. The Hall–Kier alpha value is -2.64. The Labute approximate surface area is 188 Å². The van der Waals surface area contributed by atoms with Gasteiger partial charge in [-0.3, -0.25) is 4.79 Å². The summed E-state index contributed by atoms with van der Waals surface area (Å²) in [5.41, 5.74) is 0.657. The summed E-state index contributed by atoms with van der Waals surface area (Å²) in [6.07, 6.45) is 5.57. The van der Waals surface area contributed by atoms with Gasteiger partial charge < -0.3 is 18.9 Å². The Bertz CT molecular complexity index is 933. The standard InChI is InChI=1S/C24H32FN3O4/c1-16(2)22-26-23(32-27-22)28-11-6-18(7-12-28)24(8-9-24)10-13-31-19-5-4-17(20(25)15-19)14-21(29)30-3/h4-5,15-16,18H,6-14H2,1-3H3. The monoisotopic (exact) mass is 445 g/mol. The normalized spacial score (nSPS) is 18.1. The topological polar surface area (TPSA) is 77.7 Å². The van der Waals surface area contributed by atoms with Crippen molar-refractivity contribution < 1.29 is 23.2 Å². The Balaban J connectivity index is 1.25. The second-order valence-electron chi connectivity index (χ2n) is 9.32. The van der Waals surface area contributed by atoms with E-state index >= 15 is 0 Å². The summed E-state index contributed by atoms with van der Waals surface area (Å²) in [6.45, 7) is 6.55. The summed E-state index contributed by atoms with van der Waals surface area (Å²) in [6, 6.07) is 5.30. The maximum atomic E-state index is 14.2. The number of carbonyl (C=O) groups excluding carboxylic acids is 1. The lowest BCUT2D eigenvalue weighted by Crippen LogP contribution is -2.37. The number of anilines is 1. The van der Waals surface area contributed by atoms with Crippen molar-refractivity contribution in [2.24, 2.45) is 11.3 Å². The van der Waals surface area contributed by atoms with E-state index in [1.807, 2.05) is 0 Å². The van der Waals surface area contributed by atoms with Gasteiger partial charge in [0, 0.05) is 25.1 Å². The van der Waals surface area contributed by atoms with Crippen molar-refractivity contribution in [3.63, 3.8) is 0 Å². The Morgan fingerprint density at radius 1 is 1.31 bits per heavy atom. The minimum Gasteiger partial charge on any atom is -0.493 e. The molecule has 174 valence electrons. The lowest BCUT2D eigenvalue weighted by atomic mass is 9.79. The maximum Gasteiger partial charge on any atom is 0.324 e. The third-order valence-corrected chi connectivity index (χ3v) is 6.93. The van der Waals surface area contributed by atoms with E-state index in [1.165, 1.54) is 26.0 Å². The first-order valence-corrected chi connectivity index (χ1v) is 11.5. The molecule has 0 N–H and O–H groups in total.